The van der Waals surface area contributed by atoms with Crippen molar-refractivity contribution >= 4 is 17.6 Å². The van der Waals surface area contributed by atoms with Gasteiger partial charge in [-0.3, -0.25) is 4.79 Å². The molecule has 1 atom stereocenters. The van der Waals surface area contributed by atoms with E-state index in [9.17, 15) is 9.59 Å². The largest absolute Gasteiger partial charge is 0.493 e. The molecule has 0 aliphatic heterocycles. The predicted octanol–water partition coefficient (Wildman–Crippen LogP) is 4.19. The first-order chi connectivity index (χ1) is 12.4. The molecule has 26 heavy (non-hydrogen) atoms. The maximum Gasteiger partial charge on any atom is 0.341 e. The van der Waals surface area contributed by atoms with Crippen molar-refractivity contribution in [3.8, 4) is 5.75 Å². The number of rotatable bonds is 11. The van der Waals surface area contributed by atoms with Crippen LogP contribution in [0.2, 0.25) is 0 Å². The number of nitrogens with one attached hydrogen (secondary N) is 1. The highest BCUT2D eigenvalue weighted by Gasteiger charge is 2.32. The van der Waals surface area contributed by atoms with Gasteiger partial charge >= 0.3 is 5.97 Å². The molecule has 0 bridgehead atoms. The Morgan fingerprint density at radius 2 is 1.85 bits per heavy atom. The van der Waals surface area contributed by atoms with Crippen molar-refractivity contribution in [1.82, 2.24) is 0 Å². The highest BCUT2D eigenvalue weighted by atomic mass is 16.5. The van der Waals surface area contributed by atoms with Gasteiger partial charge in [-0.15, -0.1) is 0 Å². The first-order valence-electron chi connectivity index (χ1n) is 9.22. The molecule has 0 saturated heterocycles. The summed E-state index contributed by atoms with van der Waals surface area (Å²) in [6.07, 6.45) is 3.65. The number of carbonyl (C=O) groups is 2. The monoisotopic (exact) mass is 365 g/mol. The molecule has 1 N–H and O–H groups in total. The van der Waals surface area contributed by atoms with Crippen LogP contribution in [0.1, 0.15) is 63.7 Å². The fraction of sp³-hybridized carbons (Fsp3) is 0.600. The number of methoxy groups -OCH3 is 1. The van der Waals surface area contributed by atoms with Crippen molar-refractivity contribution in [2.45, 2.75) is 59.0 Å². The zero-order chi connectivity index (χ0) is 19.6. The molecule has 146 valence electrons. The maximum atomic E-state index is 12.7. The van der Waals surface area contributed by atoms with E-state index in [0.29, 0.717) is 24.5 Å². The molecule has 0 aliphatic carbocycles. The Kier molecular flexibility index (Phi) is 9.13. The van der Waals surface area contributed by atoms with Gasteiger partial charge in [0, 0.05) is 12.8 Å². The number of unbranched alkanes of at least 4 members (excludes halogenated alkanes) is 2. The molecule has 0 aromatic heterocycles. The van der Waals surface area contributed by atoms with Gasteiger partial charge < -0.3 is 19.5 Å². The van der Waals surface area contributed by atoms with Crippen LogP contribution in [0.5, 0.6) is 5.75 Å². The average molecular weight is 365 g/mol. The molecule has 6 nitrogen and oxygen atoms in total. The van der Waals surface area contributed by atoms with E-state index in [2.05, 4.69) is 12.2 Å². The number of esters is 1. The van der Waals surface area contributed by atoms with Crippen molar-refractivity contribution in [3.63, 3.8) is 0 Å². The lowest BCUT2D eigenvalue weighted by molar-refractivity contribution is -0.136. The second-order valence-corrected chi connectivity index (χ2v) is 6.21. The number of ether oxygens (including phenoxy) is 3. The van der Waals surface area contributed by atoms with Gasteiger partial charge in [0.1, 0.15) is 16.9 Å². The summed E-state index contributed by atoms with van der Waals surface area (Å²) in [6, 6.07) is 4.93. The molecule has 6 heteroatoms. The van der Waals surface area contributed by atoms with Gasteiger partial charge in [0.05, 0.1) is 13.2 Å². The number of anilines is 1. The van der Waals surface area contributed by atoms with Crippen molar-refractivity contribution in [3.05, 3.63) is 23.8 Å². The normalized spacial score (nSPS) is 13.0. The van der Waals surface area contributed by atoms with Crippen LogP contribution < -0.4 is 10.1 Å². The van der Waals surface area contributed by atoms with E-state index >= 15 is 0 Å². The Labute approximate surface area is 156 Å². The van der Waals surface area contributed by atoms with E-state index in [4.69, 9.17) is 14.2 Å². The van der Waals surface area contributed by atoms with Crippen LogP contribution in [0.4, 0.5) is 5.69 Å². The zero-order valence-corrected chi connectivity index (χ0v) is 16.5. The van der Waals surface area contributed by atoms with Gasteiger partial charge in [-0.05, 0) is 45.4 Å². The molecule has 1 amide bonds. The number of amides is 1. The van der Waals surface area contributed by atoms with E-state index in [1.165, 1.54) is 7.11 Å². The third-order valence-corrected chi connectivity index (χ3v) is 4.22. The SMILES string of the molecule is CCCCC[C@@](C)(OC)C(=O)Nc1ccc(OCC)c(C(=O)OCC)c1. The van der Waals surface area contributed by atoms with Crippen LogP contribution in [0, 0.1) is 0 Å². The molecule has 0 radical (unpaired) electrons. The van der Waals surface area contributed by atoms with Gasteiger partial charge in [0.15, 0.2) is 0 Å². The van der Waals surface area contributed by atoms with Crippen LogP contribution in [-0.4, -0.2) is 37.8 Å². The van der Waals surface area contributed by atoms with Crippen LogP contribution in [0.3, 0.4) is 0 Å². The van der Waals surface area contributed by atoms with Crippen molar-refractivity contribution in [2.75, 3.05) is 25.6 Å². The fourth-order valence-corrected chi connectivity index (χ4v) is 2.54. The van der Waals surface area contributed by atoms with Crippen molar-refractivity contribution < 1.29 is 23.8 Å². The Bertz CT molecular complexity index is 602. The number of benzene rings is 1. The van der Waals surface area contributed by atoms with Crippen LogP contribution in [0.15, 0.2) is 18.2 Å². The molecular weight excluding hydrogens is 334 g/mol. The molecule has 0 spiro atoms. The van der Waals surface area contributed by atoms with Crippen molar-refractivity contribution in [1.29, 1.82) is 0 Å². The molecular formula is C20H31NO5. The summed E-state index contributed by atoms with van der Waals surface area (Å²) in [7, 11) is 1.54. The van der Waals surface area contributed by atoms with Crippen LogP contribution in [0.25, 0.3) is 0 Å². The summed E-state index contributed by atoms with van der Waals surface area (Å²) >= 11 is 0. The molecule has 0 unspecified atom stereocenters. The highest BCUT2D eigenvalue weighted by molar-refractivity contribution is 5.99. The van der Waals surface area contributed by atoms with E-state index < -0.39 is 11.6 Å². The standard InChI is InChI=1S/C20H31NO5/c1-6-9-10-13-20(4,24-5)19(23)21-15-11-12-17(25-7-2)16(14-15)18(22)26-8-3/h11-12,14H,6-10,13H2,1-5H3,(H,21,23)/t20-/m1/s1. The summed E-state index contributed by atoms with van der Waals surface area (Å²) in [6.45, 7) is 8.16. The van der Waals surface area contributed by atoms with Gasteiger partial charge in [0.2, 0.25) is 0 Å². The molecule has 0 aliphatic rings. The molecule has 1 rings (SSSR count). The van der Waals surface area contributed by atoms with Crippen LogP contribution >= 0.6 is 0 Å². The molecule has 1 aromatic rings. The van der Waals surface area contributed by atoms with Gasteiger partial charge in [0.25, 0.3) is 5.91 Å². The van der Waals surface area contributed by atoms with E-state index in [1.54, 1.807) is 32.0 Å². The first kappa shape index (κ1) is 22.0. The number of carbonyl (C=O) groups excluding carboxylic acids is 2. The molecule has 0 saturated carbocycles. The van der Waals surface area contributed by atoms with E-state index in [0.717, 1.165) is 19.3 Å². The van der Waals surface area contributed by atoms with Crippen LogP contribution in [-0.2, 0) is 14.3 Å². The minimum Gasteiger partial charge on any atom is -0.493 e. The summed E-state index contributed by atoms with van der Waals surface area (Å²) in [5, 5.41) is 2.84. The first-order valence-corrected chi connectivity index (χ1v) is 9.22. The van der Waals surface area contributed by atoms with Crippen molar-refractivity contribution in [2.24, 2.45) is 0 Å². The summed E-state index contributed by atoms with van der Waals surface area (Å²) in [4.78, 5) is 24.9. The Morgan fingerprint density at radius 1 is 1.12 bits per heavy atom. The van der Waals surface area contributed by atoms with Gasteiger partial charge in [-0.25, -0.2) is 4.79 Å². The third-order valence-electron chi connectivity index (χ3n) is 4.22. The lowest BCUT2D eigenvalue weighted by Crippen LogP contribution is -2.42. The number of hydrogen-bond acceptors (Lipinski definition) is 5. The second kappa shape index (κ2) is 10.8. The maximum absolute atomic E-state index is 12.7. The highest BCUT2D eigenvalue weighted by Crippen LogP contribution is 2.26. The quantitative estimate of drug-likeness (QED) is 0.470. The molecule has 0 fully saturated rings. The summed E-state index contributed by atoms with van der Waals surface area (Å²) in [5.74, 6) is -0.291. The van der Waals surface area contributed by atoms with E-state index in [-0.39, 0.29) is 18.1 Å². The lowest BCUT2D eigenvalue weighted by Gasteiger charge is -2.27. The number of hydrogen-bond donors (Lipinski definition) is 1. The fourth-order valence-electron chi connectivity index (χ4n) is 2.54. The zero-order valence-electron chi connectivity index (χ0n) is 16.5. The third kappa shape index (κ3) is 6.02. The molecule has 1 aromatic carbocycles. The van der Waals surface area contributed by atoms with E-state index in [1.807, 2.05) is 6.92 Å². The minimum absolute atomic E-state index is 0.241. The Balaban J connectivity index is 2.98. The average Bonchev–Trinajstić information content (AvgIpc) is 2.63. The lowest BCUT2D eigenvalue weighted by atomic mass is 9.96. The Morgan fingerprint density at radius 3 is 2.42 bits per heavy atom. The summed E-state index contributed by atoms with van der Waals surface area (Å²) < 4.78 is 16.0. The Hall–Kier alpha value is -2.08. The predicted molar refractivity (Wildman–Crippen MR) is 102 cm³/mol. The topological polar surface area (TPSA) is 73.9 Å². The van der Waals surface area contributed by atoms with Gasteiger partial charge in [-0.1, -0.05) is 26.2 Å². The summed E-state index contributed by atoms with van der Waals surface area (Å²) in [5.41, 5.74) is -0.130. The smallest absolute Gasteiger partial charge is 0.341 e. The molecule has 0 heterocycles. The van der Waals surface area contributed by atoms with Gasteiger partial charge in [-0.2, -0.15) is 0 Å². The second-order valence-electron chi connectivity index (χ2n) is 6.21. The minimum atomic E-state index is -0.919.